The number of sulfonamides is 1. The highest BCUT2D eigenvalue weighted by Crippen LogP contribution is 2.23. The van der Waals surface area contributed by atoms with Crippen LogP contribution in [-0.4, -0.2) is 39.7 Å². The number of hydrogen-bond acceptors (Lipinski definition) is 6. The van der Waals surface area contributed by atoms with Crippen LogP contribution in [0, 0.1) is 6.92 Å². The highest BCUT2D eigenvalue weighted by Gasteiger charge is 2.18. The van der Waals surface area contributed by atoms with Crippen molar-refractivity contribution >= 4 is 21.7 Å². The Morgan fingerprint density at radius 1 is 1.19 bits per heavy atom. The van der Waals surface area contributed by atoms with Gasteiger partial charge in [-0.15, -0.1) is 5.10 Å². The number of rotatable bonds is 5. The van der Waals surface area contributed by atoms with E-state index in [9.17, 15) is 18.3 Å². The molecule has 0 radical (unpaired) electrons. The van der Waals surface area contributed by atoms with Crippen molar-refractivity contribution in [2.24, 2.45) is 7.05 Å². The molecule has 2 N–H and O–H groups in total. The quantitative estimate of drug-likeness (QED) is 0.696. The first-order valence-corrected chi connectivity index (χ1v) is 8.96. The van der Waals surface area contributed by atoms with Gasteiger partial charge in [0.1, 0.15) is 0 Å². The van der Waals surface area contributed by atoms with E-state index in [1.807, 2.05) is 0 Å². The Hall–Kier alpha value is -3.27. The predicted molar refractivity (Wildman–Crippen MR) is 93.2 cm³/mol. The summed E-state index contributed by atoms with van der Waals surface area (Å²) in [6.45, 7) is 1.60. The van der Waals surface area contributed by atoms with Crippen LogP contribution in [0.25, 0.3) is 11.4 Å². The first-order chi connectivity index (χ1) is 12.3. The van der Waals surface area contributed by atoms with Gasteiger partial charge in [-0.1, -0.05) is 18.2 Å². The molecule has 9 nitrogen and oxygen atoms in total. The monoisotopic (exact) mass is 373 g/mol. The molecule has 0 aliphatic heterocycles. The van der Waals surface area contributed by atoms with Crippen LogP contribution < -0.4 is 4.72 Å². The minimum Gasteiger partial charge on any atom is -0.478 e. The Labute approximate surface area is 149 Å². The molecule has 0 aliphatic carbocycles. The van der Waals surface area contributed by atoms with Crippen molar-refractivity contribution in [3.8, 4) is 11.4 Å². The third-order valence-electron chi connectivity index (χ3n) is 3.74. The number of nitrogens with zero attached hydrogens (tertiary/aromatic N) is 4. The van der Waals surface area contributed by atoms with Crippen molar-refractivity contribution in [2.45, 2.75) is 11.8 Å². The van der Waals surface area contributed by atoms with Crippen LogP contribution in [0.3, 0.4) is 0 Å². The highest BCUT2D eigenvalue weighted by atomic mass is 32.2. The largest absolute Gasteiger partial charge is 0.478 e. The van der Waals surface area contributed by atoms with Gasteiger partial charge in [0.25, 0.3) is 10.0 Å². The summed E-state index contributed by atoms with van der Waals surface area (Å²) in [5, 5.41) is 20.4. The van der Waals surface area contributed by atoms with Crippen molar-refractivity contribution in [1.82, 2.24) is 20.2 Å². The molecule has 0 unspecified atom stereocenters. The summed E-state index contributed by atoms with van der Waals surface area (Å²) in [7, 11) is -2.28. The summed E-state index contributed by atoms with van der Waals surface area (Å²) in [6, 6.07) is 10.5. The molecule has 0 bridgehead atoms. The van der Waals surface area contributed by atoms with Gasteiger partial charge in [-0.25, -0.2) is 17.9 Å². The summed E-state index contributed by atoms with van der Waals surface area (Å²) >= 11 is 0. The average molecular weight is 373 g/mol. The predicted octanol–water partition coefficient (Wildman–Crippen LogP) is 1.68. The topological polar surface area (TPSA) is 127 Å². The maximum Gasteiger partial charge on any atom is 0.335 e. The number of anilines is 1. The van der Waals surface area contributed by atoms with E-state index in [0.717, 1.165) is 6.07 Å². The summed E-state index contributed by atoms with van der Waals surface area (Å²) in [4.78, 5) is 11.1. The van der Waals surface area contributed by atoms with Gasteiger partial charge in [0.2, 0.25) is 0 Å². The first kappa shape index (κ1) is 17.5. The summed E-state index contributed by atoms with van der Waals surface area (Å²) in [5.41, 5.74) is 1.36. The fourth-order valence-corrected chi connectivity index (χ4v) is 3.48. The van der Waals surface area contributed by atoms with Gasteiger partial charge in [-0.2, -0.15) is 0 Å². The second kappa shape index (κ2) is 6.56. The number of carbonyl (C=O) groups is 1. The minimum absolute atomic E-state index is 0.0632. The Bertz CT molecular complexity index is 1090. The van der Waals surface area contributed by atoms with Crippen LogP contribution >= 0.6 is 0 Å². The second-order valence-corrected chi connectivity index (χ2v) is 7.28. The number of hydrogen-bond donors (Lipinski definition) is 2. The van der Waals surface area contributed by atoms with Crippen LogP contribution in [0.5, 0.6) is 0 Å². The molecule has 1 aromatic heterocycles. The van der Waals surface area contributed by atoms with Gasteiger partial charge in [0.05, 0.1) is 10.5 Å². The van der Waals surface area contributed by atoms with E-state index in [2.05, 4.69) is 20.2 Å². The van der Waals surface area contributed by atoms with E-state index in [4.69, 9.17) is 0 Å². The van der Waals surface area contributed by atoms with Gasteiger partial charge < -0.3 is 5.11 Å². The molecule has 3 aromatic rings. The van der Waals surface area contributed by atoms with E-state index in [1.54, 1.807) is 38.2 Å². The van der Waals surface area contributed by atoms with Gasteiger partial charge >= 0.3 is 5.97 Å². The van der Waals surface area contributed by atoms with Crippen molar-refractivity contribution in [2.75, 3.05) is 4.72 Å². The number of aromatic carboxylic acids is 1. The van der Waals surface area contributed by atoms with Gasteiger partial charge in [0.15, 0.2) is 5.82 Å². The van der Waals surface area contributed by atoms with Crippen molar-refractivity contribution in [3.63, 3.8) is 0 Å². The van der Waals surface area contributed by atoms with E-state index >= 15 is 0 Å². The summed E-state index contributed by atoms with van der Waals surface area (Å²) < 4.78 is 29.1. The molecule has 10 heteroatoms. The molecular formula is C16H15N5O4S. The Morgan fingerprint density at radius 3 is 2.62 bits per heavy atom. The lowest BCUT2D eigenvalue weighted by molar-refractivity contribution is 0.0696. The number of carboxylic acid groups (broad SMARTS) is 1. The van der Waals surface area contributed by atoms with Gasteiger partial charge in [0, 0.05) is 18.3 Å². The zero-order valence-electron chi connectivity index (χ0n) is 13.9. The Morgan fingerprint density at radius 2 is 1.96 bits per heavy atom. The molecule has 134 valence electrons. The molecule has 0 atom stereocenters. The van der Waals surface area contributed by atoms with Crippen molar-refractivity contribution in [3.05, 3.63) is 53.6 Å². The van der Waals surface area contributed by atoms with E-state index in [1.165, 1.54) is 16.8 Å². The van der Waals surface area contributed by atoms with Crippen LogP contribution in [0.15, 0.2) is 47.4 Å². The molecule has 3 rings (SSSR count). The fraction of sp³-hybridized carbons (Fsp3) is 0.125. The van der Waals surface area contributed by atoms with Gasteiger partial charge in [-0.05, 0) is 47.2 Å². The van der Waals surface area contributed by atoms with Gasteiger partial charge in [-0.3, -0.25) is 4.72 Å². The maximum atomic E-state index is 12.6. The van der Waals surface area contributed by atoms with Crippen LogP contribution in [0.2, 0.25) is 0 Å². The third kappa shape index (κ3) is 3.40. The number of nitrogens with one attached hydrogen (secondary N) is 1. The van der Waals surface area contributed by atoms with E-state index < -0.39 is 16.0 Å². The molecule has 1 heterocycles. The average Bonchev–Trinajstić information content (AvgIpc) is 3.00. The van der Waals surface area contributed by atoms with Crippen molar-refractivity contribution < 1.29 is 18.3 Å². The van der Waals surface area contributed by atoms with Crippen molar-refractivity contribution in [1.29, 1.82) is 0 Å². The van der Waals surface area contributed by atoms with E-state index in [-0.39, 0.29) is 10.5 Å². The molecule has 2 aromatic carbocycles. The molecular weight excluding hydrogens is 358 g/mol. The standard InChI is InChI=1S/C16H15N5O4S/c1-10-6-7-13(9-14(10)16(22)23)26(24,25)18-12-5-3-4-11(8-12)15-17-19-20-21(15)2/h3-9,18H,1-2H3,(H,22,23). The molecule has 26 heavy (non-hydrogen) atoms. The number of aromatic nitrogens is 4. The zero-order chi connectivity index (χ0) is 18.9. The number of aryl methyl sites for hydroxylation is 2. The Kier molecular flexibility index (Phi) is 4.43. The molecule has 0 spiro atoms. The number of carboxylic acids is 1. The van der Waals surface area contributed by atoms with Crippen LogP contribution in [0.4, 0.5) is 5.69 Å². The molecule has 0 amide bonds. The van der Waals surface area contributed by atoms with Crippen LogP contribution in [-0.2, 0) is 17.1 Å². The fourth-order valence-electron chi connectivity index (χ4n) is 2.41. The molecule has 0 fully saturated rings. The second-order valence-electron chi connectivity index (χ2n) is 5.59. The first-order valence-electron chi connectivity index (χ1n) is 7.47. The smallest absolute Gasteiger partial charge is 0.335 e. The molecule has 0 saturated heterocycles. The third-order valence-corrected chi connectivity index (χ3v) is 5.12. The lowest BCUT2D eigenvalue weighted by Crippen LogP contribution is -2.14. The normalized spacial score (nSPS) is 11.3. The lowest BCUT2D eigenvalue weighted by atomic mass is 10.1. The number of benzene rings is 2. The SMILES string of the molecule is Cc1ccc(S(=O)(=O)Nc2cccc(-c3nnnn3C)c2)cc1C(=O)O. The minimum atomic E-state index is -3.95. The lowest BCUT2D eigenvalue weighted by Gasteiger charge is -2.10. The molecule has 0 aliphatic rings. The van der Waals surface area contributed by atoms with E-state index in [0.29, 0.717) is 22.6 Å². The summed E-state index contributed by atoms with van der Waals surface area (Å²) in [5.74, 6) is -0.703. The summed E-state index contributed by atoms with van der Waals surface area (Å²) in [6.07, 6.45) is 0. The Balaban J connectivity index is 1.95. The maximum absolute atomic E-state index is 12.6. The molecule has 0 saturated carbocycles. The number of tetrazole rings is 1. The highest BCUT2D eigenvalue weighted by molar-refractivity contribution is 7.92. The van der Waals surface area contributed by atoms with Crippen LogP contribution in [0.1, 0.15) is 15.9 Å². The zero-order valence-corrected chi connectivity index (χ0v) is 14.7.